The van der Waals surface area contributed by atoms with Crippen LogP contribution in [-0.4, -0.2) is 35.6 Å². The predicted octanol–water partition coefficient (Wildman–Crippen LogP) is 3.91. The number of carbonyl (C=O) groups excluding carboxylic acids is 1. The molecule has 0 bridgehead atoms. The number of carbonyl (C=O) groups is 1. The van der Waals surface area contributed by atoms with Gasteiger partial charge in [0.05, 0.1) is 30.4 Å². The van der Waals surface area contributed by atoms with Crippen LogP contribution < -0.4 is 24.7 Å². The summed E-state index contributed by atoms with van der Waals surface area (Å²) in [5.41, 5.74) is 0.879. The van der Waals surface area contributed by atoms with E-state index in [4.69, 9.17) is 9.15 Å². The molecule has 2 aromatic carbocycles. The smallest absolute Gasteiger partial charge is 0.497 e. The third-order valence-electron chi connectivity index (χ3n) is 5.71. The average Bonchev–Trinajstić information content (AvgIpc) is 3.49. The molecule has 1 aliphatic rings. The van der Waals surface area contributed by atoms with Crippen molar-refractivity contribution in [1.82, 2.24) is 9.78 Å². The van der Waals surface area contributed by atoms with Gasteiger partial charge >= 0.3 is 6.29 Å². The lowest BCUT2D eigenvalue weighted by molar-refractivity contribution is -0.286. The first-order chi connectivity index (χ1) is 17.7. The monoisotopic (exact) mass is 508 g/mol. The highest BCUT2D eigenvalue weighted by Crippen LogP contribution is 2.43. The molecule has 10 nitrogen and oxygen atoms in total. The van der Waals surface area contributed by atoms with E-state index < -0.39 is 24.3 Å². The van der Waals surface area contributed by atoms with Gasteiger partial charge in [-0.05, 0) is 43.3 Å². The van der Waals surface area contributed by atoms with E-state index in [1.54, 1.807) is 25.1 Å². The summed E-state index contributed by atoms with van der Waals surface area (Å²) in [6.45, 7) is 1.41. The molecule has 5 rings (SSSR count). The number of alkyl halides is 2. The van der Waals surface area contributed by atoms with Crippen molar-refractivity contribution >= 4 is 22.6 Å². The number of hydrogen-bond donors (Lipinski definition) is 0. The van der Waals surface area contributed by atoms with Crippen LogP contribution in [0.3, 0.4) is 0 Å². The largest absolute Gasteiger partial charge is 0.586 e. The molecule has 12 heteroatoms. The molecule has 0 spiro atoms. The fraction of sp³-hybridized carbons (Fsp3) is 0.200. The number of hydrogen-bond acceptors (Lipinski definition) is 8. The summed E-state index contributed by atoms with van der Waals surface area (Å²) >= 11 is 0. The molecule has 188 valence electrons. The fourth-order valence-corrected chi connectivity index (χ4v) is 4.05. The third-order valence-corrected chi connectivity index (χ3v) is 5.71. The zero-order chi connectivity index (χ0) is 26.3. The van der Waals surface area contributed by atoms with Crippen molar-refractivity contribution in [2.24, 2.45) is 0 Å². The average molecular weight is 508 g/mol. The Kier molecular flexibility index (Phi) is 5.75. The van der Waals surface area contributed by atoms with E-state index in [-0.39, 0.29) is 40.4 Å². The number of nitrogens with zero attached hydrogens (tertiary/aromatic N) is 4. The van der Waals surface area contributed by atoms with Crippen molar-refractivity contribution in [1.29, 1.82) is 5.26 Å². The lowest BCUT2D eigenvalue weighted by Crippen LogP contribution is -2.37. The summed E-state index contributed by atoms with van der Waals surface area (Å²) in [6, 6.07) is 12.2. The minimum absolute atomic E-state index is 0.153. The van der Waals surface area contributed by atoms with Crippen LogP contribution in [0, 0.1) is 11.3 Å². The molecule has 0 aliphatic carbocycles. The number of aromatic nitrogens is 2. The Morgan fingerprint density at radius 3 is 2.70 bits per heavy atom. The lowest BCUT2D eigenvalue weighted by atomic mass is 10.1. The van der Waals surface area contributed by atoms with Crippen molar-refractivity contribution in [3.63, 3.8) is 0 Å². The molecule has 1 aliphatic heterocycles. The molecule has 0 radical (unpaired) electrons. The molecular formula is C25H18F2N4O6. The van der Waals surface area contributed by atoms with E-state index in [1.807, 2.05) is 6.07 Å². The van der Waals surface area contributed by atoms with Gasteiger partial charge in [-0.3, -0.25) is 9.59 Å². The minimum Gasteiger partial charge on any atom is -0.497 e. The normalized spacial score (nSPS) is 13.4. The minimum atomic E-state index is -3.79. The Bertz CT molecular complexity index is 1640. The number of benzene rings is 2. The number of furan rings is 1. The molecule has 2 aromatic heterocycles. The van der Waals surface area contributed by atoms with E-state index in [0.29, 0.717) is 16.9 Å². The number of likely N-dealkylation sites (N-methyl/N-ethyl adjacent to an activating group) is 1. The van der Waals surface area contributed by atoms with Crippen LogP contribution in [0.5, 0.6) is 17.2 Å². The van der Waals surface area contributed by atoms with Gasteiger partial charge in [-0.2, -0.15) is 10.4 Å². The Morgan fingerprint density at radius 2 is 1.97 bits per heavy atom. The molecule has 4 aromatic rings. The van der Waals surface area contributed by atoms with E-state index in [1.165, 1.54) is 42.5 Å². The standard InChI is InChI=1S/C25H18F2N4O6/c1-3-30(16-4-5-19-20(11-16)37-25(26,27)36-19)21(32)13-31-24(33)18-6-7-35-23(18)22(29-31)15-8-14(12-28)9-17(10-15)34-2/h4-11H,3,13H2,1-2H3. The predicted molar refractivity (Wildman–Crippen MR) is 126 cm³/mol. The molecule has 0 atom stereocenters. The Labute approximate surface area is 207 Å². The molecule has 0 saturated carbocycles. The second kappa shape index (κ2) is 8.94. The van der Waals surface area contributed by atoms with Gasteiger partial charge in [-0.15, -0.1) is 8.78 Å². The molecule has 3 heterocycles. The number of halogens is 2. The van der Waals surface area contributed by atoms with Crippen molar-refractivity contribution in [3.05, 3.63) is 64.6 Å². The zero-order valence-electron chi connectivity index (χ0n) is 19.5. The number of amides is 1. The Morgan fingerprint density at radius 1 is 1.19 bits per heavy atom. The van der Waals surface area contributed by atoms with Gasteiger partial charge < -0.3 is 23.5 Å². The lowest BCUT2D eigenvalue weighted by Gasteiger charge is -2.21. The summed E-state index contributed by atoms with van der Waals surface area (Å²) in [5, 5.41) is 14.0. The van der Waals surface area contributed by atoms with Crippen LogP contribution in [0.1, 0.15) is 12.5 Å². The SMILES string of the molecule is CCN(C(=O)Cn1nc(-c2cc(C#N)cc(OC)c2)c2occc2c1=O)c1ccc2c(c1)OC(F)(F)O2. The number of rotatable bonds is 6. The maximum absolute atomic E-state index is 13.4. The number of fused-ring (bicyclic) bond motifs is 2. The third kappa shape index (κ3) is 4.31. The maximum atomic E-state index is 13.4. The second-order valence-electron chi connectivity index (χ2n) is 7.97. The number of anilines is 1. The molecule has 0 unspecified atom stereocenters. The van der Waals surface area contributed by atoms with Crippen molar-refractivity contribution in [2.45, 2.75) is 19.8 Å². The van der Waals surface area contributed by atoms with Gasteiger partial charge in [-0.1, -0.05) is 0 Å². The van der Waals surface area contributed by atoms with Gasteiger partial charge in [0, 0.05) is 23.9 Å². The summed E-state index contributed by atoms with van der Waals surface area (Å²) < 4.78 is 47.5. The molecule has 0 fully saturated rings. The van der Waals surface area contributed by atoms with Crippen LogP contribution in [0.25, 0.3) is 22.2 Å². The first kappa shape index (κ1) is 23.8. The van der Waals surface area contributed by atoms with Gasteiger partial charge in [-0.25, -0.2) is 4.68 Å². The maximum Gasteiger partial charge on any atom is 0.586 e. The van der Waals surface area contributed by atoms with Crippen molar-refractivity contribution < 1.29 is 32.2 Å². The summed E-state index contributed by atoms with van der Waals surface area (Å²) in [4.78, 5) is 27.7. The van der Waals surface area contributed by atoms with Gasteiger partial charge in [0.2, 0.25) is 5.91 Å². The second-order valence-corrected chi connectivity index (χ2v) is 7.97. The van der Waals surface area contributed by atoms with E-state index in [2.05, 4.69) is 14.6 Å². The van der Waals surface area contributed by atoms with Crippen LogP contribution in [0.2, 0.25) is 0 Å². The molecule has 0 N–H and O–H groups in total. The van der Waals surface area contributed by atoms with Gasteiger partial charge in [0.1, 0.15) is 18.0 Å². The Balaban J connectivity index is 1.53. The topological polar surface area (TPSA) is 120 Å². The Hall–Kier alpha value is -4.92. The number of nitriles is 1. The highest BCUT2D eigenvalue weighted by molar-refractivity contribution is 5.94. The first-order valence-corrected chi connectivity index (χ1v) is 11.0. The highest BCUT2D eigenvalue weighted by atomic mass is 19.3. The number of ether oxygens (including phenoxy) is 3. The highest BCUT2D eigenvalue weighted by Gasteiger charge is 2.43. The van der Waals surface area contributed by atoms with Crippen molar-refractivity contribution in [3.8, 4) is 34.6 Å². The summed E-state index contributed by atoms with van der Waals surface area (Å²) in [7, 11) is 1.45. The van der Waals surface area contributed by atoms with Gasteiger partial charge in [0.25, 0.3) is 5.56 Å². The quantitative estimate of drug-likeness (QED) is 0.385. The van der Waals surface area contributed by atoms with Gasteiger partial charge in [0.15, 0.2) is 17.1 Å². The number of methoxy groups -OCH3 is 1. The molecule has 37 heavy (non-hydrogen) atoms. The van der Waals surface area contributed by atoms with E-state index >= 15 is 0 Å². The van der Waals surface area contributed by atoms with E-state index in [9.17, 15) is 23.6 Å². The molecule has 0 saturated heterocycles. The fourth-order valence-electron chi connectivity index (χ4n) is 4.05. The van der Waals surface area contributed by atoms with Crippen LogP contribution in [0.15, 0.2) is 57.9 Å². The van der Waals surface area contributed by atoms with Crippen molar-refractivity contribution in [2.75, 3.05) is 18.6 Å². The summed E-state index contributed by atoms with van der Waals surface area (Å²) in [5.74, 6) is -0.493. The summed E-state index contributed by atoms with van der Waals surface area (Å²) in [6.07, 6.45) is -2.46. The van der Waals surface area contributed by atoms with E-state index in [0.717, 1.165) is 4.68 Å². The van der Waals surface area contributed by atoms with Crippen LogP contribution in [0.4, 0.5) is 14.5 Å². The van der Waals surface area contributed by atoms with Crippen LogP contribution >= 0.6 is 0 Å². The first-order valence-electron chi connectivity index (χ1n) is 11.0. The molecular weight excluding hydrogens is 490 g/mol. The van der Waals surface area contributed by atoms with Crippen LogP contribution in [-0.2, 0) is 11.3 Å². The molecule has 1 amide bonds. The zero-order valence-corrected chi connectivity index (χ0v) is 19.5.